The summed E-state index contributed by atoms with van der Waals surface area (Å²) in [6.07, 6.45) is 2.95. The Balaban J connectivity index is 2.00. The van der Waals surface area contributed by atoms with E-state index in [9.17, 15) is 9.90 Å². The summed E-state index contributed by atoms with van der Waals surface area (Å²) in [6, 6.07) is 7.82. The number of piperidine rings is 1. The standard InChI is InChI=1S/C17H22N4O2/c1-3-13-6-4-5-7-14(13)21-18-15(17(22)23)16(19-21)20-10-8-12(2)9-11-20/h4-7,12H,3,8-11H2,1-2H3,(H,22,23). The fourth-order valence-electron chi connectivity index (χ4n) is 2.98. The molecule has 1 aromatic carbocycles. The molecule has 1 aliphatic rings. The number of carbonyl (C=O) groups is 1. The number of para-hydroxylation sites is 1. The predicted molar refractivity (Wildman–Crippen MR) is 88.3 cm³/mol. The van der Waals surface area contributed by atoms with Gasteiger partial charge in [-0.15, -0.1) is 15.0 Å². The van der Waals surface area contributed by atoms with Crippen molar-refractivity contribution in [3.05, 3.63) is 35.5 Å². The van der Waals surface area contributed by atoms with Gasteiger partial charge < -0.3 is 10.0 Å². The van der Waals surface area contributed by atoms with Crippen molar-refractivity contribution in [2.24, 2.45) is 5.92 Å². The Hall–Kier alpha value is -2.37. The predicted octanol–water partition coefficient (Wildman–Crippen LogP) is 2.76. The number of aryl methyl sites for hydroxylation is 1. The maximum atomic E-state index is 11.6. The zero-order chi connectivity index (χ0) is 16.4. The van der Waals surface area contributed by atoms with E-state index in [1.54, 1.807) is 0 Å². The first-order valence-corrected chi connectivity index (χ1v) is 8.14. The van der Waals surface area contributed by atoms with Crippen molar-refractivity contribution in [3.8, 4) is 5.69 Å². The molecule has 1 saturated heterocycles. The van der Waals surface area contributed by atoms with Gasteiger partial charge >= 0.3 is 5.97 Å². The minimum absolute atomic E-state index is 0.0328. The molecule has 23 heavy (non-hydrogen) atoms. The summed E-state index contributed by atoms with van der Waals surface area (Å²) in [6.45, 7) is 5.95. The van der Waals surface area contributed by atoms with Crippen LogP contribution in [-0.2, 0) is 6.42 Å². The number of carboxylic acids is 1. The zero-order valence-electron chi connectivity index (χ0n) is 13.6. The van der Waals surface area contributed by atoms with Crippen molar-refractivity contribution in [2.45, 2.75) is 33.1 Å². The molecule has 0 aliphatic carbocycles. The van der Waals surface area contributed by atoms with Gasteiger partial charge in [-0.2, -0.15) is 0 Å². The summed E-state index contributed by atoms with van der Waals surface area (Å²) in [5, 5.41) is 18.2. The van der Waals surface area contributed by atoms with Gasteiger partial charge in [0.2, 0.25) is 5.69 Å². The molecule has 0 spiro atoms. The van der Waals surface area contributed by atoms with Crippen molar-refractivity contribution in [2.75, 3.05) is 18.0 Å². The third-order valence-electron chi connectivity index (χ3n) is 4.47. The second-order valence-corrected chi connectivity index (χ2v) is 6.12. The van der Waals surface area contributed by atoms with Gasteiger partial charge in [0.1, 0.15) is 0 Å². The number of rotatable bonds is 4. The lowest BCUT2D eigenvalue weighted by Crippen LogP contribution is -2.34. The normalized spacial score (nSPS) is 15.8. The number of hydrogen-bond acceptors (Lipinski definition) is 4. The van der Waals surface area contributed by atoms with Gasteiger partial charge in [0, 0.05) is 13.1 Å². The number of benzene rings is 1. The SMILES string of the molecule is CCc1ccccc1-n1nc(C(=O)O)c(N2CCC(C)CC2)n1. The minimum Gasteiger partial charge on any atom is -0.476 e. The van der Waals surface area contributed by atoms with Crippen LogP contribution in [-0.4, -0.2) is 39.2 Å². The molecule has 2 heterocycles. The van der Waals surface area contributed by atoms with E-state index in [0.29, 0.717) is 11.7 Å². The number of aromatic carboxylic acids is 1. The highest BCUT2D eigenvalue weighted by molar-refractivity contribution is 5.91. The van der Waals surface area contributed by atoms with Gasteiger partial charge in [-0.1, -0.05) is 32.0 Å². The molecule has 1 fully saturated rings. The lowest BCUT2D eigenvalue weighted by molar-refractivity contribution is 0.0690. The van der Waals surface area contributed by atoms with Crippen LogP contribution in [0.5, 0.6) is 0 Å². The van der Waals surface area contributed by atoms with Crippen LogP contribution in [0, 0.1) is 5.92 Å². The largest absolute Gasteiger partial charge is 0.476 e. The van der Waals surface area contributed by atoms with Crippen molar-refractivity contribution in [1.82, 2.24) is 15.0 Å². The first kappa shape index (κ1) is 15.5. The summed E-state index contributed by atoms with van der Waals surface area (Å²) < 4.78 is 0. The summed E-state index contributed by atoms with van der Waals surface area (Å²) >= 11 is 0. The van der Waals surface area contributed by atoms with Crippen molar-refractivity contribution >= 4 is 11.8 Å². The maximum absolute atomic E-state index is 11.6. The Morgan fingerprint density at radius 2 is 1.96 bits per heavy atom. The number of carboxylic acid groups (broad SMARTS) is 1. The smallest absolute Gasteiger partial charge is 0.360 e. The highest BCUT2D eigenvalue weighted by atomic mass is 16.4. The van der Waals surface area contributed by atoms with Gasteiger partial charge in [0.15, 0.2) is 5.82 Å². The Labute approximate surface area is 135 Å². The second kappa shape index (κ2) is 6.40. The molecule has 0 unspecified atom stereocenters. The highest BCUT2D eigenvalue weighted by Crippen LogP contribution is 2.25. The van der Waals surface area contributed by atoms with Crippen molar-refractivity contribution < 1.29 is 9.90 Å². The van der Waals surface area contributed by atoms with Crippen LogP contribution < -0.4 is 4.90 Å². The van der Waals surface area contributed by atoms with E-state index < -0.39 is 5.97 Å². The Morgan fingerprint density at radius 3 is 2.61 bits per heavy atom. The average Bonchev–Trinajstić information content (AvgIpc) is 3.01. The first-order valence-electron chi connectivity index (χ1n) is 8.14. The van der Waals surface area contributed by atoms with Gasteiger partial charge in [0.05, 0.1) is 5.69 Å². The molecule has 2 aromatic rings. The van der Waals surface area contributed by atoms with Gasteiger partial charge in [0.25, 0.3) is 0 Å². The lowest BCUT2D eigenvalue weighted by Gasteiger charge is -2.30. The lowest BCUT2D eigenvalue weighted by atomic mass is 9.99. The molecule has 1 aliphatic heterocycles. The molecular formula is C17H22N4O2. The van der Waals surface area contributed by atoms with Crippen LogP contribution in [0.1, 0.15) is 42.7 Å². The minimum atomic E-state index is -1.03. The van der Waals surface area contributed by atoms with E-state index in [1.165, 1.54) is 4.80 Å². The van der Waals surface area contributed by atoms with Gasteiger partial charge in [-0.3, -0.25) is 0 Å². The van der Waals surface area contributed by atoms with E-state index in [0.717, 1.165) is 43.6 Å². The Bertz CT molecular complexity index is 702. The quantitative estimate of drug-likeness (QED) is 0.939. The van der Waals surface area contributed by atoms with Gasteiger partial charge in [-0.05, 0) is 36.8 Å². The van der Waals surface area contributed by atoms with Crippen LogP contribution >= 0.6 is 0 Å². The van der Waals surface area contributed by atoms with E-state index in [-0.39, 0.29) is 5.69 Å². The van der Waals surface area contributed by atoms with Crippen molar-refractivity contribution in [1.29, 1.82) is 0 Å². The monoisotopic (exact) mass is 314 g/mol. The molecule has 6 heteroatoms. The average molecular weight is 314 g/mol. The summed E-state index contributed by atoms with van der Waals surface area (Å²) in [5.41, 5.74) is 1.97. The summed E-state index contributed by atoms with van der Waals surface area (Å²) in [7, 11) is 0. The van der Waals surface area contributed by atoms with Crippen LogP contribution in [0.4, 0.5) is 5.82 Å². The fraction of sp³-hybridized carbons (Fsp3) is 0.471. The number of hydrogen-bond donors (Lipinski definition) is 1. The molecule has 0 saturated carbocycles. The topological polar surface area (TPSA) is 71.2 Å². The van der Waals surface area contributed by atoms with Gasteiger partial charge in [-0.25, -0.2) is 4.79 Å². The Kier molecular flexibility index (Phi) is 4.32. The van der Waals surface area contributed by atoms with E-state index in [2.05, 4.69) is 24.0 Å². The number of aromatic nitrogens is 3. The molecule has 0 radical (unpaired) electrons. The van der Waals surface area contributed by atoms with E-state index in [1.807, 2.05) is 29.2 Å². The second-order valence-electron chi connectivity index (χ2n) is 6.12. The van der Waals surface area contributed by atoms with Crippen LogP contribution in [0.3, 0.4) is 0 Å². The molecule has 122 valence electrons. The summed E-state index contributed by atoms with van der Waals surface area (Å²) in [5.74, 6) is 0.129. The fourth-order valence-corrected chi connectivity index (χ4v) is 2.98. The van der Waals surface area contributed by atoms with Crippen LogP contribution in [0.25, 0.3) is 5.69 Å². The molecule has 1 N–H and O–H groups in total. The van der Waals surface area contributed by atoms with Crippen molar-refractivity contribution in [3.63, 3.8) is 0 Å². The molecule has 0 amide bonds. The maximum Gasteiger partial charge on any atom is 0.360 e. The molecule has 0 bridgehead atoms. The van der Waals surface area contributed by atoms with E-state index >= 15 is 0 Å². The zero-order valence-corrected chi connectivity index (χ0v) is 13.6. The Morgan fingerprint density at radius 1 is 1.26 bits per heavy atom. The third kappa shape index (κ3) is 3.06. The summed E-state index contributed by atoms with van der Waals surface area (Å²) in [4.78, 5) is 15.1. The van der Waals surface area contributed by atoms with Crippen LogP contribution in [0.2, 0.25) is 0 Å². The molecule has 0 atom stereocenters. The molecular weight excluding hydrogens is 292 g/mol. The number of anilines is 1. The third-order valence-corrected chi connectivity index (χ3v) is 4.47. The number of nitrogens with zero attached hydrogens (tertiary/aromatic N) is 4. The molecule has 3 rings (SSSR count). The highest BCUT2D eigenvalue weighted by Gasteiger charge is 2.26. The first-order chi connectivity index (χ1) is 11.1. The molecule has 6 nitrogen and oxygen atoms in total. The molecule has 1 aromatic heterocycles. The van der Waals surface area contributed by atoms with Crippen LogP contribution in [0.15, 0.2) is 24.3 Å². The van der Waals surface area contributed by atoms with E-state index in [4.69, 9.17) is 0 Å².